The summed E-state index contributed by atoms with van der Waals surface area (Å²) < 4.78 is 14.6. The van der Waals surface area contributed by atoms with Crippen LogP contribution in [0.3, 0.4) is 0 Å². The topological polar surface area (TPSA) is 40.5 Å². The quantitative estimate of drug-likeness (QED) is 0.757. The minimum Gasteiger partial charge on any atom is -0.478 e. The largest absolute Gasteiger partial charge is 0.478 e. The zero-order valence-electron chi connectivity index (χ0n) is 12.4. The van der Waals surface area contributed by atoms with Crippen molar-refractivity contribution in [1.29, 1.82) is 0 Å². The van der Waals surface area contributed by atoms with Gasteiger partial charge >= 0.3 is 5.97 Å². The molecule has 0 saturated carbocycles. The van der Waals surface area contributed by atoms with Crippen molar-refractivity contribution in [2.75, 3.05) is 18.0 Å². The third-order valence-corrected chi connectivity index (χ3v) is 5.29. The molecule has 2 aromatic rings. The SMILES string of the molecule is O=C(O)c1c(Cl)ccc(C2CCN(c3ccc(Cl)c(Cl)c3)C2)c1F. The maximum absolute atomic E-state index is 14.6. The van der Waals surface area contributed by atoms with E-state index in [-0.39, 0.29) is 10.9 Å². The van der Waals surface area contributed by atoms with Gasteiger partial charge in [-0.3, -0.25) is 0 Å². The highest BCUT2D eigenvalue weighted by molar-refractivity contribution is 6.42. The van der Waals surface area contributed by atoms with E-state index in [0.29, 0.717) is 35.1 Å². The zero-order valence-corrected chi connectivity index (χ0v) is 14.7. The minimum absolute atomic E-state index is 0.0944. The highest BCUT2D eigenvalue weighted by atomic mass is 35.5. The molecular formula is C17H13Cl3FNO2. The molecule has 1 aliphatic heterocycles. The number of carboxylic acids is 1. The monoisotopic (exact) mass is 387 g/mol. The van der Waals surface area contributed by atoms with Crippen LogP contribution in [0.4, 0.5) is 10.1 Å². The predicted molar refractivity (Wildman–Crippen MR) is 94.4 cm³/mol. The average molecular weight is 389 g/mol. The first-order valence-electron chi connectivity index (χ1n) is 7.29. The number of halogens is 4. The predicted octanol–water partition coefficient (Wildman–Crippen LogP) is 5.48. The molecule has 1 atom stereocenters. The standard InChI is InChI=1S/C17H13Cl3FNO2/c18-12-3-1-10(7-14(12)20)22-6-5-9(8-22)11-2-4-13(19)15(16(11)21)17(23)24/h1-4,7,9H,5-6,8H2,(H,23,24). The summed E-state index contributed by atoms with van der Waals surface area (Å²) in [5.41, 5.74) is 0.807. The van der Waals surface area contributed by atoms with Crippen LogP contribution in [0.2, 0.25) is 15.1 Å². The second kappa shape index (κ2) is 6.79. The Hall–Kier alpha value is -1.49. The Labute approximate surface area is 153 Å². The summed E-state index contributed by atoms with van der Waals surface area (Å²) in [5, 5.41) is 9.98. The van der Waals surface area contributed by atoms with Crippen molar-refractivity contribution in [2.45, 2.75) is 12.3 Å². The lowest BCUT2D eigenvalue weighted by atomic mass is 9.95. The number of nitrogens with zero attached hydrogens (tertiary/aromatic N) is 1. The van der Waals surface area contributed by atoms with Crippen LogP contribution < -0.4 is 4.90 Å². The van der Waals surface area contributed by atoms with E-state index < -0.39 is 17.3 Å². The molecule has 0 aromatic heterocycles. The first kappa shape index (κ1) is 17.3. The van der Waals surface area contributed by atoms with Crippen molar-refractivity contribution in [2.24, 2.45) is 0 Å². The summed E-state index contributed by atoms with van der Waals surface area (Å²) in [6.07, 6.45) is 0.706. The third kappa shape index (κ3) is 3.18. The molecule has 3 nitrogen and oxygen atoms in total. The van der Waals surface area contributed by atoms with Crippen LogP contribution in [-0.2, 0) is 0 Å². The van der Waals surface area contributed by atoms with Gasteiger partial charge < -0.3 is 10.0 Å². The van der Waals surface area contributed by atoms with Gasteiger partial charge in [-0.15, -0.1) is 0 Å². The van der Waals surface area contributed by atoms with Gasteiger partial charge in [0.15, 0.2) is 0 Å². The van der Waals surface area contributed by atoms with Crippen LogP contribution in [0.25, 0.3) is 0 Å². The van der Waals surface area contributed by atoms with E-state index in [0.717, 1.165) is 5.69 Å². The van der Waals surface area contributed by atoms with Gasteiger partial charge in [-0.1, -0.05) is 40.9 Å². The van der Waals surface area contributed by atoms with Crippen molar-refractivity contribution in [3.05, 3.63) is 62.3 Å². The smallest absolute Gasteiger partial charge is 0.340 e. The van der Waals surface area contributed by atoms with Crippen molar-refractivity contribution in [3.8, 4) is 0 Å². The van der Waals surface area contributed by atoms with Crippen molar-refractivity contribution >= 4 is 46.5 Å². The molecule has 1 unspecified atom stereocenters. The molecule has 3 rings (SSSR count). The summed E-state index contributed by atoms with van der Waals surface area (Å²) in [6, 6.07) is 8.35. The molecular weight excluding hydrogens is 376 g/mol. The van der Waals surface area contributed by atoms with Crippen molar-refractivity contribution in [3.63, 3.8) is 0 Å². The van der Waals surface area contributed by atoms with Gasteiger partial charge in [-0.2, -0.15) is 0 Å². The van der Waals surface area contributed by atoms with Crippen molar-refractivity contribution < 1.29 is 14.3 Å². The lowest BCUT2D eigenvalue weighted by molar-refractivity contribution is 0.0692. The number of rotatable bonds is 3. The van der Waals surface area contributed by atoms with Gasteiger partial charge in [0.05, 0.1) is 15.1 Å². The van der Waals surface area contributed by atoms with Gasteiger partial charge in [-0.25, -0.2) is 9.18 Å². The molecule has 1 fully saturated rings. The molecule has 24 heavy (non-hydrogen) atoms. The number of hydrogen-bond donors (Lipinski definition) is 1. The molecule has 126 valence electrons. The molecule has 1 aliphatic rings. The van der Waals surface area contributed by atoms with E-state index in [1.165, 1.54) is 6.07 Å². The number of carbonyl (C=O) groups is 1. The fraction of sp³-hybridized carbons (Fsp3) is 0.235. The maximum Gasteiger partial charge on any atom is 0.340 e. The van der Waals surface area contributed by atoms with Gasteiger partial charge in [0.25, 0.3) is 0 Å². The summed E-state index contributed by atoms with van der Waals surface area (Å²) in [7, 11) is 0. The van der Waals surface area contributed by atoms with E-state index >= 15 is 0 Å². The molecule has 1 N–H and O–H groups in total. The summed E-state index contributed by atoms with van der Waals surface area (Å²) in [5.74, 6) is -2.23. The van der Waals surface area contributed by atoms with Gasteiger partial charge in [0, 0.05) is 24.7 Å². The van der Waals surface area contributed by atoms with Crippen LogP contribution in [0.1, 0.15) is 28.3 Å². The molecule has 1 saturated heterocycles. The molecule has 2 aromatic carbocycles. The van der Waals surface area contributed by atoms with E-state index in [1.807, 2.05) is 6.07 Å². The highest BCUT2D eigenvalue weighted by Crippen LogP contribution is 2.36. The van der Waals surface area contributed by atoms with Gasteiger partial charge in [-0.05, 0) is 36.2 Å². The Balaban J connectivity index is 1.87. The highest BCUT2D eigenvalue weighted by Gasteiger charge is 2.29. The molecule has 1 heterocycles. The number of hydrogen-bond acceptors (Lipinski definition) is 2. The van der Waals surface area contributed by atoms with Crippen molar-refractivity contribution in [1.82, 2.24) is 0 Å². The average Bonchev–Trinajstić information content (AvgIpc) is 2.99. The second-order valence-corrected chi connectivity index (χ2v) is 6.88. The third-order valence-electron chi connectivity index (χ3n) is 4.23. The Morgan fingerprint density at radius 3 is 2.50 bits per heavy atom. The number of carboxylic acid groups (broad SMARTS) is 1. The summed E-state index contributed by atoms with van der Waals surface area (Å²) >= 11 is 17.8. The Morgan fingerprint density at radius 1 is 1.12 bits per heavy atom. The fourth-order valence-corrected chi connectivity index (χ4v) is 3.53. The van der Waals surface area contributed by atoms with E-state index in [2.05, 4.69) is 4.90 Å². The maximum atomic E-state index is 14.6. The number of benzene rings is 2. The van der Waals surface area contributed by atoms with Crippen LogP contribution in [0.5, 0.6) is 0 Å². The summed E-state index contributed by atoms with van der Waals surface area (Å²) in [4.78, 5) is 13.3. The second-order valence-electron chi connectivity index (χ2n) is 5.66. The first-order valence-corrected chi connectivity index (χ1v) is 8.43. The molecule has 0 bridgehead atoms. The molecule has 0 spiro atoms. The Morgan fingerprint density at radius 2 is 1.83 bits per heavy atom. The van der Waals surface area contributed by atoms with E-state index in [9.17, 15) is 9.18 Å². The van der Waals surface area contributed by atoms with E-state index in [1.54, 1.807) is 18.2 Å². The number of aromatic carboxylic acids is 1. The molecule has 0 radical (unpaired) electrons. The Bertz CT molecular complexity index is 813. The fourth-order valence-electron chi connectivity index (χ4n) is 3.01. The van der Waals surface area contributed by atoms with Crippen LogP contribution in [-0.4, -0.2) is 24.2 Å². The van der Waals surface area contributed by atoms with Crippen LogP contribution in [0.15, 0.2) is 30.3 Å². The molecule has 0 aliphatic carbocycles. The lowest BCUT2D eigenvalue weighted by Gasteiger charge is -2.20. The van der Waals surface area contributed by atoms with Crippen LogP contribution in [0, 0.1) is 5.82 Å². The van der Waals surface area contributed by atoms with Gasteiger partial charge in [0.1, 0.15) is 11.4 Å². The Kier molecular flexibility index (Phi) is 4.90. The zero-order chi connectivity index (χ0) is 17.4. The summed E-state index contributed by atoms with van der Waals surface area (Å²) in [6.45, 7) is 1.28. The van der Waals surface area contributed by atoms with Gasteiger partial charge in [0.2, 0.25) is 0 Å². The van der Waals surface area contributed by atoms with Crippen LogP contribution >= 0.6 is 34.8 Å². The first-order chi connectivity index (χ1) is 11.4. The lowest BCUT2D eigenvalue weighted by Crippen LogP contribution is -2.19. The minimum atomic E-state index is -1.36. The normalized spacial score (nSPS) is 17.3. The molecule has 0 amide bonds. The van der Waals surface area contributed by atoms with E-state index in [4.69, 9.17) is 39.9 Å². The number of anilines is 1. The molecule has 7 heteroatoms.